The summed E-state index contributed by atoms with van der Waals surface area (Å²) >= 11 is 0. The van der Waals surface area contributed by atoms with Gasteiger partial charge in [-0.3, -0.25) is 4.57 Å². The summed E-state index contributed by atoms with van der Waals surface area (Å²) in [6.07, 6.45) is 6.17. The van der Waals surface area contributed by atoms with Crippen molar-refractivity contribution in [1.82, 2.24) is 14.1 Å². The molecule has 0 aliphatic rings. The normalized spacial score (nSPS) is 13.7. The summed E-state index contributed by atoms with van der Waals surface area (Å²) in [5.41, 5.74) is 8.21. The minimum Gasteiger partial charge on any atom is -0.510 e. The van der Waals surface area contributed by atoms with E-state index in [-0.39, 0.29) is 54.4 Å². The topological polar surface area (TPSA) is 35.9 Å². The second-order valence-electron chi connectivity index (χ2n) is 16.8. The van der Waals surface area contributed by atoms with Crippen LogP contribution in [0.25, 0.3) is 83.4 Å². The van der Waals surface area contributed by atoms with Gasteiger partial charge in [0.15, 0.2) is 0 Å². The van der Waals surface area contributed by atoms with Crippen LogP contribution in [0, 0.1) is 18.5 Å². The molecule has 6 heteroatoms. The Labute approximate surface area is 414 Å². The van der Waals surface area contributed by atoms with Crippen molar-refractivity contribution in [3.63, 3.8) is 0 Å². The number of benzene rings is 8. The maximum atomic E-state index is 9.03. The molecule has 11 rings (SSSR count). The van der Waals surface area contributed by atoms with E-state index in [9.17, 15) is 0 Å². The van der Waals surface area contributed by atoms with Crippen molar-refractivity contribution in [2.45, 2.75) is 39.5 Å². The molecule has 0 saturated heterocycles. The monoisotopic (exact) mass is 1040 g/mol. The minimum atomic E-state index is -0.573. The van der Waals surface area contributed by atoms with Crippen LogP contribution in [-0.2, 0) is 32.9 Å². The predicted molar refractivity (Wildman–Crippen MR) is 264 cm³/mol. The van der Waals surface area contributed by atoms with Crippen LogP contribution in [0.15, 0.2) is 194 Å². The molecule has 3 aromatic heterocycles. The quantitative estimate of drug-likeness (QED) is 0.107. The molecule has 0 aliphatic carbocycles. The molecule has 3 heterocycles. The fourth-order valence-electron chi connectivity index (χ4n) is 8.59. The second-order valence-corrected chi connectivity index (χ2v) is 16.8. The van der Waals surface area contributed by atoms with Gasteiger partial charge in [-0.05, 0) is 74.0 Å². The molecule has 0 radical (unpaired) electrons. The van der Waals surface area contributed by atoms with Crippen molar-refractivity contribution < 1.29 is 44.1 Å². The van der Waals surface area contributed by atoms with Crippen LogP contribution < -0.4 is 9.30 Å². The molecule has 5 nitrogen and oxygen atoms in total. The molecule has 0 spiro atoms. The van der Waals surface area contributed by atoms with E-state index in [2.05, 4.69) is 93.2 Å². The molecule has 324 valence electrons. The van der Waals surface area contributed by atoms with Crippen molar-refractivity contribution in [2.24, 2.45) is 0 Å². The van der Waals surface area contributed by atoms with Gasteiger partial charge >= 0.3 is 0 Å². The summed E-state index contributed by atoms with van der Waals surface area (Å²) in [7, 11) is 0. The second kappa shape index (κ2) is 17.6. The third-order valence-electron chi connectivity index (χ3n) is 11.8. The van der Waals surface area contributed by atoms with Gasteiger partial charge < -0.3 is 13.9 Å². The summed E-state index contributed by atoms with van der Waals surface area (Å²) in [5, 5.41) is 2.01. The van der Waals surface area contributed by atoms with E-state index in [0.29, 0.717) is 28.2 Å². The number of imidazole rings is 1. The van der Waals surface area contributed by atoms with Crippen LogP contribution in [0.5, 0.6) is 11.5 Å². The molecule has 0 saturated carbocycles. The van der Waals surface area contributed by atoms with E-state index in [1.54, 1.807) is 39.5 Å². The molecular formula is C60H46N4OPt-2. The molecule has 0 atom stereocenters. The number of aromatic nitrogens is 4. The van der Waals surface area contributed by atoms with E-state index in [0.717, 1.165) is 50.7 Å². The average molecular weight is 1040 g/mol. The van der Waals surface area contributed by atoms with Crippen molar-refractivity contribution in [3.05, 3.63) is 224 Å². The maximum absolute atomic E-state index is 9.03. The zero-order valence-electron chi connectivity index (χ0n) is 46.4. The van der Waals surface area contributed by atoms with Gasteiger partial charge in [0.2, 0.25) is 0 Å². The Morgan fingerprint density at radius 3 is 1.98 bits per heavy atom. The van der Waals surface area contributed by atoms with E-state index in [1.165, 1.54) is 5.56 Å². The number of aryl methyl sites for hydroxylation is 1. The molecule has 11 aromatic rings. The Hall–Kier alpha value is -7.33. The molecule has 0 amide bonds. The maximum Gasteiger partial charge on any atom is 0.268 e. The standard InChI is InChI=1S/C60H46N4O.Pt/c1-5-41-36-58(61-39-53(41)44-30-32-45(33-31-44)60(2,3)4)64-54-27-13-12-24-51(54)52-35-34-48(38-57(52)64)65-47-23-16-22-46(37-47)62-40-63(56-29-15-14-28-55(56)62)59-49(42-18-8-6-9-19-42)25-17-26-50(59)43-20-10-7-11-21-43;/h6-36,39H,5H2,1-4H3;/q-2;/i6D,7D,8D,9D,10D,11D,18D,19D,20D,21D;. The summed E-state index contributed by atoms with van der Waals surface area (Å²) < 4.78 is 99.2. The molecule has 0 aliphatic heterocycles. The Bertz CT molecular complexity index is 4000. The molecule has 0 fully saturated rings. The van der Waals surface area contributed by atoms with Crippen molar-refractivity contribution in [1.29, 1.82) is 0 Å². The first-order valence-corrected chi connectivity index (χ1v) is 21.5. The van der Waals surface area contributed by atoms with Crippen molar-refractivity contribution in [3.8, 4) is 62.1 Å². The number of ether oxygens (including phenoxy) is 1. The predicted octanol–water partition coefficient (Wildman–Crippen LogP) is 14.5. The van der Waals surface area contributed by atoms with Gasteiger partial charge in [0, 0.05) is 49.8 Å². The Morgan fingerprint density at radius 2 is 1.29 bits per heavy atom. The fourth-order valence-corrected chi connectivity index (χ4v) is 8.59. The average Bonchev–Trinajstić information content (AvgIpc) is 4.00. The number of para-hydroxylation sites is 4. The number of fused-ring (bicyclic) bond motifs is 4. The number of pyridine rings is 1. The van der Waals surface area contributed by atoms with Gasteiger partial charge in [0.05, 0.1) is 30.4 Å². The van der Waals surface area contributed by atoms with E-state index in [4.69, 9.17) is 23.4 Å². The summed E-state index contributed by atoms with van der Waals surface area (Å²) in [6.45, 7) is 8.79. The van der Waals surface area contributed by atoms with Crippen molar-refractivity contribution in [2.75, 3.05) is 0 Å². The van der Waals surface area contributed by atoms with Gasteiger partial charge in [0.25, 0.3) is 6.33 Å². The molecular weight excluding hydrogens is 988 g/mol. The first kappa shape index (κ1) is 32.3. The third-order valence-corrected chi connectivity index (χ3v) is 11.8. The van der Waals surface area contributed by atoms with Crippen LogP contribution in [0.2, 0.25) is 0 Å². The largest absolute Gasteiger partial charge is 0.510 e. The molecule has 0 bridgehead atoms. The van der Waals surface area contributed by atoms with Crippen LogP contribution in [0.4, 0.5) is 0 Å². The summed E-state index contributed by atoms with van der Waals surface area (Å²) in [4.78, 5) is 5.07. The van der Waals surface area contributed by atoms with Crippen LogP contribution in [0.1, 0.15) is 52.5 Å². The number of nitrogens with zero attached hydrogens (tertiary/aromatic N) is 4. The number of hydrogen-bond donors (Lipinski definition) is 0. The van der Waals surface area contributed by atoms with Gasteiger partial charge in [-0.25, -0.2) is 4.98 Å². The van der Waals surface area contributed by atoms with Gasteiger partial charge in [-0.15, -0.1) is 29.7 Å². The fraction of sp³-hybridized carbons (Fsp3) is 0.100. The van der Waals surface area contributed by atoms with Gasteiger partial charge in [-0.1, -0.05) is 179 Å². The zero-order chi connectivity index (χ0) is 52.8. The first-order chi connectivity index (χ1) is 36.0. The smallest absolute Gasteiger partial charge is 0.268 e. The summed E-state index contributed by atoms with van der Waals surface area (Å²) in [5.74, 6) is 1.54. The molecule has 8 aromatic carbocycles. The van der Waals surface area contributed by atoms with Crippen LogP contribution in [0.3, 0.4) is 0 Å². The minimum absolute atomic E-state index is 0. The Kier molecular flexibility index (Phi) is 8.61. The molecule has 0 unspecified atom stereocenters. The van der Waals surface area contributed by atoms with Crippen molar-refractivity contribution >= 4 is 32.8 Å². The first-order valence-electron chi connectivity index (χ1n) is 26.5. The van der Waals surface area contributed by atoms with E-state index < -0.39 is 60.4 Å². The Balaban J connectivity index is 0.00000657. The van der Waals surface area contributed by atoms with E-state index in [1.807, 2.05) is 60.8 Å². The van der Waals surface area contributed by atoms with Crippen LogP contribution in [-0.4, -0.2) is 14.1 Å². The SMILES string of the molecule is [2H]c1c([2H])c([2H])c(-c2cccc(-c3c([2H])c([2H])c([2H])c([2H])c3[2H])c2-[n+]2[c-]n(-c3[c-]c(Oc4[c-]c5c(cc4)c4ccccc4n5-c4cc(CC)c(-c5ccc(C(C)(C)C)cc5)cn4)ccc3)c3ccccc32)c([2H])c1[2H].[Pt]. The number of hydrogen-bond acceptors (Lipinski definition) is 2. The number of rotatable bonds is 9. The Morgan fingerprint density at radius 1 is 0.636 bits per heavy atom. The zero-order valence-corrected chi connectivity index (χ0v) is 38.7. The molecule has 0 N–H and O–H groups in total. The van der Waals surface area contributed by atoms with E-state index >= 15 is 0 Å². The van der Waals surface area contributed by atoms with Crippen LogP contribution >= 0.6 is 0 Å². The molecule has 66 heavy (non-hydrogen) atoms. The third kappa shape index (κ3) is 7.74. The van der Waals surface area contributed by atoms with Gasteiger partial charge in [-0.2, -0.15) is 18.2 Å². The summed E-state index contributed by atoms with van der Waals surface area (Å²) in [6, 6.07) is 42.1. The van der Waals surface area contributed by atoms with Gasteiger partial charge in [0.1, 0.15) is 5.82 Å².